The number of hydrogen-bond donors (Lipinski definition) is 0. The summed E-state index contributed by atoms with van der Waals surface area (Å²) in [5.41, 5.74) is 0. The van der Waals surface area contributed by atoms with Gasteiger partial charge in [0.2, 0.25) is 0 Å². The number of hydrogen-bond acceptors (Lipinski definition) is 0. The zero-order chi connectivity index (χ0) is 4.24. The van der Waals surface area contributed by atoms with E-state index in [1.54, 1.807) is 0 Å². The van der Waals surface area contributed by atoms with Gasteiger partial charge in [0.25, 0.3) is 0 Å². The van der Waals surface area contributed by atoms with Crippen molar-refractivity contribution in [3.05, 3.63) is 0 Å². The van der Waals surface area contributed by atoms with Crippen LogP contribution in [0.5, 0.6) is 0 Å². The van der Waals surface area contributed by atoms with Gasteiger partial charge in [-0.2, -0.15) is 0 Å². The van der Waals surface area contributed by atoms with Crippen molar-refractivity contribution in [3.8, 4) is 0 Å². The second kappa shape index (κ2) is 22.6. The van der Waals surface area contributed by atoms with E-state index >= 15 is 0 Å². The van der Waals surface area contributed by atoms with E-state index in [4.69, 9.17) is 0 Å². The van der Waals surface area contributed by atoms with Crippen LogP contribution in [0.2, 0.25) is 0 Å². The number of halogens is 4. The van der Waals surface area contributed by atoms with E-state index in [1.165, 1.54) is 38.5 Å². The van der Waals surface area contributed by atoms with Gasteiger partial charge in [0.1, 0.15) is 0 Å². The molecule has 0 aromatic carbocycles. The molecule has 0 unspecified atom stereocenters. The van der Waals surface area contributed by atoms with Gasteiger partial charge >= 0.3 is 21.7 Å². The molecule has 0 N–H and O–H groups in total. The van der Waals surface area contributed by atoms with E-state index in [2.05, 4.69) is 0 Å². The molecule has 0 atom stereocenters. The maximum atomic E-state index is 1.50. The molecule has 0 nitrogen and oxygen atoms in total. The van der Waals surface area contributed by atoms with Crippen molar-refractivity contribution >= 4 is 0 Å². The molecular weight excluding hydrogens is 262 g/mol. The van der Waals surface area contributed by atoms with Crippen LogP contribution < -0.4 is 49.6 Å². The van der Waals surface area contributed by atoms with E-state index in [0.29, 0.717) is 0 Å². The summed E-state index contributed by atoms with van der Waals surface area (Å²) in [5.74, 6) is 0. The summed E-state index contributed by atoms with van der Waals surface area (Å²) in [7, 11) is 0. The molecule has 0 heterocycles. The topological polar surface area (TPSA) is 0 Å². The third-order valence-corrected chi connectivity index (χ3v) is 1.50. The molecule has 11 heavy (non-hydrogen) atoms. The standard InChI is InChI=1S/C6H12.4ClH.Ti/c1-2-4-6-5-3-1;;;;;/h1-6H2;4*1H;/q;;;;;+4/p-4. The summed E-state index contributed by atoms with van der Waals surface area (Å²) in [6.07, 6.45) is 9.00. The summed E-state index contributed by atoms with van der Waals surface area (Å²) in [6, 6.07) is 0. The molecule has 0 bridgehead atoms. The second-order valence-electron chi connectivity index (χ2n) is 2.12. The van der Waals surface area contributed by atoms with Crippen LogP contribution in [0.4, 0.5) is 0 Å². The minimum atomic E-state index is 0. The zero-order valence-corrected chi connectivity index (χ0v) is 10.8. The molecule has 1 saturated carbocycles. The van der Waals surface area contributed by atoms with E-state index in [-0.39, 0.29) is 71.3 Å². The average molecular weight is 274 g/mol. The van der Waals surface area contributed by atoms with Crippen molar-refractivity contribution in [2.75, 3.05) is 0 Å². The second-order valence-corrected chi connectivity index (χ2v) is 2.12. The van der Waals surface area contributed by atoms with Crippen molar-refractivity contribution in [2.24, 2.45) is 0 Å². The Morgan fingerprint density at radius 2 is 0.455 bits per heavy atom. The first-order valence-corrected chi connectivity index (χ1v) is 3.00. The molecule has 68 valence electrons. The molecule has 1 aliphatic carbocycles. The largest absolute Gasteiger partial charge is 4.00 e. The predicted octanol–water partition coefficient (Wildman–Crippen LogP) is -9.65. The van der Waals surface area contributed by atoms with Crippen molar-refractivity contribution in [2.45, 2.75) is 38.5 Å². The van der Waals surface area contributed by atoms with Crippen LogP contribution in [0, 0.1) is 0 Å². The first kappa shape index (κ1) is 29.3. The summed E-state index contributed by atoms with van der Waals surface area (Å²) < 4.78 is 0. The fraction of sp³-hybridized carbons (Fsp3) is 1.00. The van der Waals surface area contributed by atoms with Crippen molar-refractivity contribution in [3.63, 3.8) is 0 Å². The molecule has 5 heteroatoms. The quantitative estimate of drug-likeness (QED) is 0.385. The van der Waals surface area contributed by atoms with Gasteiger partial charge in [0.05, 0.1) is 0 Å². The monoisotopic (exact) mass is 272 g/mol. The zero-order valence-electron chi connectivity index (χ0n) is 6.25. The SMILES string of the molecule is C1CCCCC1.[Cl-].[Cl-].[Cl-].[Cl-].[Ti+4]. The number of rotatable bonds is 0. The smallest absolute Gasteiger partial charge is 1.00 e. The Hall–Kier alpha value is 1.87. The van der Waals surface area contributed by atoms with E-state index < -0.39 is 0 Å². The van der Waals surface area contributed by atoms with E-state index in [0.717, 1.165) is 0 Å². The molecule has 0 radical (unpaired) electrons. The molecule has 1 rings (SSSR count). The van der Waals surface area contributed by atoms with Crippen LogP contribution in [0.15, 0.2) is 0 Å². The van der Waals surface area contributed by atoms with Crippen LogP contribution in [0.1, 0.15) is 38.5 Å². The molecule has 0 aromatic heterocycles. The molecule has 0 amide bonds. The van der Waals surface area contributed by atoms with Crippen LogP contribution in [-0.4, -0.2) is 0 Å². The Labute approximate surface area is 109 Å². The minimum Gasteiger partial charge on any atom is -1.00 e. The van der Waals surface area contributed by atoms with Crippen molar-refractivity contribution < 1.29 is 71.3 Å². The summed E-state index contributed by atoms with van der Waals surface area (Å²) in [5, 5.41) is 0. The Kier molecular flexibility index (Phi) is 60.3. The van der Waals surface area contributed by atoms with Crippen LogP contribution in [-0.2, 0) is 21.7 Å². The Morgan fingerprint density at radius 3 is 0.545 bits per heavy atom. The van der Waals surface area contributed by atoms with Gasteiger partial charge in [0.15, 0.2) is 0 Å². The third kappa shape index (κ3) is 18.7. The summed E-state index contributed by atoms with van der Waals surface area (Å²) >= 11 is 0. The first-order chi connectivity index (χ1) is 3.00. The third-order valence-electron chi connectivity index (χ3n) is 1.50. The van der Waals surface area contributed by atoms with Gasteiger partial charge in [-0.1, -0.05) is 38.5 Å². The summed E-state index contributed by atoms with van der Waals surface area (Å²) in [6.45, 7) is 0. The maximum absolute atomic E-state index is 1.50. The Balaban J connectivity index is -0.0000000240. The normalized spacial score (nSPS) is 13.1. The van der Waals surface area contributed by atoms with Crippen LogP contribution >= 0.6 is 0 Å². The Morgan fingerprint density at radius 1 is 0.364 bits per heavy atom. The van der Waals surface area contributed by atoms with E-state index in [9.17, 15) is 0 Å². The van der Waals surface area contributed by atoms with Crippen molar-refractivity contribution in [1.29, 1.82) is 0 Å². The van der Waals surface area contributed by atoms with Gasteiger partial charge < -0.3 is 49.6 Å². The minimum absolute atomic E-state index is 0. The molecule has 1 fully saturated rings. The molecule has 0 aromatic rings. The molecule has 0 saturated heterocycles. The Bertz CT molecular complexity index is 30.1. The molecule has 1 aliphatic rings. The van der Waals surface area contributed by atoms with Crippen molar-refractivity contribution in [1.82, 2.24) is 0 Å². The molecule has 0 spiro atoms. The maximum Gasteiger partial charge on any atom is 4.00 e. The summed E-state index contributed by atoms with van der Waals surface area (Å²) in [4.78, 5) is 0. The first-order valence-electron chi connectivity index (χ1n) is 3.00. The predicted molar refractivity (Wildman–Crippen MR) is 27.7 cm³/mol. The van der Waals surface area contributed by atoms with Crippen LogP contribution in [0.3, 0.4) is 0 Å². The van der Waals surface area contributed by atoms with Gasteiger partial charge in [-0.3, -0.25) is 0 Å². The van der Waals surface area contributed by atoms with Gasteiger partial charge in [-0.05, 0) is 0 Å². The van der Waals surface area contributed by atoms with E-state index in [1.807, 2.05) is 0 Å². The van der Waals surface area contributed by atoms with Crippen LogP contribution in [0.25, 0.3) is 0 Å². The van der Waals surface area contributed by atoms with Gasteiger partial charge in [0, 0.05) is 0 Å². The van der Waals surface area contributed by atoms with Gasteiger partial charge in [-0.25, -0.2) is 0 Å². The molecule has 0 aliphatic heterocycles. The fourth-order valence-corrected chi connectivity index (χ4v) is 1.06. The molecular formula is C6H12Cl4Ti. The fourth-order valence-electron chi connectivity index (χ4n) is 1.06. The average Bonchev–Trinajstić information content (AvgIpc) is 1.72. The van der Waals surface area contributed by atoms with Gasteiger partial charge in [-0.15, -0.1) is 0 Å².